The number of hydrogen-bond acceptors (Lipinski definition) is 7. The molecule has 0 bridgehead atoms. The van der Waals surface area contributed by atoms with E-state index in [9.17, 15) is 4.79 Å². The minimum Gasteiger partial charge on any atom is -0.355 e. The Kier molecular flexibility index (Phi) is 8.13. The molecule has 1 aromatic heterocycles. The molecule has 8 heteroatoms. The van der Waals surface area contributed by atoms with E-state index >= 15 is 0 Å². The van der Waals surface area contributed by atoms with E-state index in [0.717, 1.165) is 62.1 Å². The van der Waals surface area contributed by atoms with Crippen LogP contribution in [-0.4, -0.2) is 64.8 Å². The number of thioether (sulfide) groups is 1. The Labute approximate surface area is 236 Å². The molecule has 2 aromatic carbocycles. The van der Waals surface area contributed by atoms with Gasteiger partial charge in [-0.05, 0) is 72.8 Å². The zero-order chi connectivity index (χ0) is 26.6. The Balaban J connectivity index is 1.20. The summed E-state index contributed by atoms with van der Waals surface area (Å²) in [7, 11) is 2.20. The molecule has 6 rings (SSSR count). The van der Waals surface area contributed by atoms with Gasteiger partial charge < -0.3 is 15.1 Å². The number of fused-ring (bicyclic) bond motifs is 1. The van der Waals surface area contributed by atoms with E-state index in [2.05, 4.69) is 61.3 Å². The molecule has 204 valence electrons. The lowest BCUT2D eigenvalue weighted by Gasteiger charge is -2.32. The fourth-order valence-electron chi connectivity index (χ4n) is 6.03. The molecule has 1 saturated carbocycles. The van der Waals surface area contributed by atoms with E-state index < -0.39 is 0 Å². The average molecular weight is 543 g/mol. The van der Waals surface area contributed by atoms with Crippen molar-refractivity contribution in [2.75, 3.05) is 49.3 Å². The summed E-state index contributed by atoms with van der Waals surface area (Å²) in [6.45, 7) is 6.07. The van der Waals surface area contributed by atoms with Crippen LogP contribution in [0.15, 0.2) is 60.0 Å². The summed E-state index contributed by atoms with van der Waals surface area (Å²) in [4.78, 5) is 30.2. The molecule has 1 amide bonds. The molecular formula is C31H38N6OS. The molecular weight excluding hydrogens is 504 g/mol. The fraction of sp³-hybridized carbons (Fsp3) is 0.452. The van der Waals surface area contributed by atoms with Crippen LogP contribution in [0, 0.1) is 0 Å². The average Bonchev–Trinajstić information content (AvgIpc) is 2.98. The topological polar surface area (TPSA) is 64.6 Å². The molecule has 1 saturated heterocycles. The highest BCUT2D eigenvalue weighted by molar-refractivity contribution is 7.99. The monoisotopic (exact) mass is 542 g/mol. The van der Waals surface area contributed by atoms with Gasteiger partial charge in [-0.2, -0.15) is 0 Å². The number of anilines is 2. The van der Waals surface area contributed by atoms with Gasteiger partial charge in [-0.15, -0.1) is 11.8 Å². The molecule has 39 heavy (non-hydrogen) atoms. The number of carbonyl (C=O) groups excluding carboxylic acids is 1. The number of rotatable bonds is 6. The van der Waals surface area contributed by atoms with Gasteiger partial charge >= 0.3 is 0 Å². The molecule has 1 N–H and O–H groups in total. The third kappa shape index (κ3) is 6.45. The van der Waals surface area contributed by atoms with Gasteiger partial charge in [0.05, 0.1) is 24.0 Å². The van der Waals surface area contributed by atoms with Crippen LogP contribution < -0.4 is 10.2 Å². The Morgan fingerprint density at radius 2 is 1.79 bits per heavy atom. The number of piperazine rings is 1. The first-order valence-electron chi connectivity index (χ1n) is 14.2. The fourth-order valence-corrected chi connectivity index (χ4v) is 7.03. The third-order valence-corrected chi connectivity index (χ3v) is 9.47. The van der Waals surface area contributed by atoms with Crippen molar-refractivity contribution < 1.29 is 4.79 Å². The Bertz CT molecular complexity index is 1290. The van der Waals surface area contributed by atoms with Crippen molar-refractivity contribution in [3.63, 3.8) is 0 Å². The van der Waals surface area contributed by atoms with Crippen LogP contribution in [0.1, 0.15) is 65.1 Å². The van der Waals surface area contributed by atoms with E-state index in [4.69, 9.17) is 0 Å². The lowest BCUT2D eigenvalue weighted by atomic mass is 9.83. The maximum absolute atomic E-state index is 13.5. The molecule has 3 aliphatic rings. The van der Waals surface area contributed by atoms with Crippen molar-refractivity contribution in [2.45, 2.75) is 56.0 Å². The number of aromatic nitrogens is 2. The third-order valence-electron chi connectivity index (χ3n) is 8.32. The highest BCUT2D eigenvalue weighted by atomic mass is 32.2. The maximum atomic E-state index is 13.5. The summed E-state index contributed by atoms with van der Waals surface area (Å²) in [6.07, 6.45) is 11.7. The van der Waals surface area contributed by atoms with Gasteiger partial charge in [0.15, 0.2) is 0 Å². The van der Waals surface area contributed by atoms with Crippen LogP contribution in [0.3, 0.4) is 0 Å². The smallest absolute Gasteiger partial charge is 0.255 e. The highest BCUT2D eigenvalue weighted by Gasteiger charge is 2.22. The molecule has 1 aliphatic carbocycles. The van der Waals surface area contributed by atoms with Gasteiger partial charge in [-0.3, -0.25) is 9.69 Å². The van der Waals surface area contributed by atoms with Crippen LogP contribution in [0.2, 0.25) is 0 Å². The summed E-state index contributed by atoms with van der Waals surface area (Å²) in [5.41, 5.74) is 6.47. The Hall–Kier alpha value is -2.94. The zero-order valence-electron chi connectivity index (χ0n) is 22.8. The largest absolute Gasteiger partial charge is 0.355 e. The van der Waals surface area contributed by atoms with Crippen molar-refractivity contribution in [3.05, 3.63) is 77.4 Å². The van der Waals surface area contributed by atoms with Crippen molar-refractivity contribution in [3.8, 4) is 0 Å². The standard InChI is InChI=1S/C31H38N6OS/c1-35-9-11-36(12-10-35)19-23-13-26(24-5-3-2-4-6-24)16-28(14-23)34-31(38)25-7-8-30-27(15-25)20-37(22-39-30)29-17-32-21-33-18-29/h7-8,13-18,21,24H,2-6,9-12,19-20,22H2,1H3,(H,34,38). The normalized spacial score (nSPS) is 19.1. The van der Waals surface area contributed by atoms with E-state index in [1.165, 1.54) is 48.1 Å². The van der Waals surface area contributed by atoms with Gasteiger partial charge in [0.1, 0.15) is 6.33 Å². The summed E-state index contributed by atoms with van der Waals surface area (Å²) < 4.78 is 0. The van der Waals surface area contributed by atoms with Crippen molar-refractivity contribution in [1.82, 2.24) is 19.8 Å². The van der Waals surface area contributed by atoms with Crippen LogP contribution in [0.5, 0.6) is 0 Å². The van der Waals surface area contributed by atoms with E-state index in [0.29, 0.717) is 11.5 Å². The molecule has 3 heterocycles. The SMILES string of the molecule is CN1CCN(Cc2cc(NC(=O)c3ccc4c(c3)CN(c3cncnc3)CS4)cc(C3CCCCC3)c2)CC1. The summed E-state index contributed by atoms with van der Waals surface area (Å²) in [5.74, 6) is 1.39. The van der Waals surface area contributed by atoms with E-state index in [1.54, 1.807) is 18.1 Å². The number of likely N-dealkylation sites (N-methyl/N-ethyl adjacent to an activating group) is 1. The zero-order valence-corrected chi connectivity index (χ0v) is 23.6. The second-order valence-corrected chi connectivity index (χ2v) is 12.2. The molecule has 2 aliphatic heterocycles. The predicted octanol–water partition coefficient (Wildman–Crippen LogP) is 5.59. The van der Waals surface area contributed by atoms with Crippen molar-refractivity contribution in [1.29, 1.82) is 0 Å². The van der Waals surface area contributed by atoms with Crippen LogP contribution in [0.25, 0.3) is 0 Å². The van der Waals surface area contributed by atoms with E-state index in [-0.39, 0.29) is 5.91 Å². The lowest BCUT2D eigenvalue weighted by Crippen LogP contribution is -2.43. The Morgan fingerprint density at radius 3 is 2.59 bits per heavy atom. The molecule has 0 radical (unpaired) electrons. The molecule has 0 unspecified atom stereocenters. The minimum absolute atomic E-state index is 0.0469. The molecule has 0 spiro atoms. The summed E-state index contributed by atoms with van der Waals surface area (Å²) in [6, 6.07) is 12.9. The van der Waals surface area contributed by atoms with Gasteiger partial charge in [-0.25, -0.2) is 9.97 Å². The molecule has 7 nitrogen and oxygen atoms in total. The van der Waals surface area contributed by atoms with Gasteiger partial charge in [0, 0.05) is 55.4 Å². The summed E-state index contributed by atoms with van der Waals surface area (Å²) >= 11 is 1.78. The second kappa shape index (κ2) is 12.1. The van der Waals surface area contributed by atoms with Crippen LogP contribution in [-0.2, 0) is 13.1 Å². The number of hydrogen-bond donors (Lipinski definition) is 1. The van der Waals surface area contributed by atoms with Gasteiger partial charge in [0.2, 0.25) is 0 Å². The van der Waals surface area contributed by atoms with Gasteiger partial charge in [-0.1, -0.05) is 25.3 Å². The van der Waals surface area contributed by atoms with E-state index in [1.807, 2.05) is 24.5 Å². The Morgan fingerprint density at radius 1 is 1.00 bits per heavy atom. The predicted molar refractivity (Wildman–Crippen MR) is 158 cm³/mol. The lowest BCUT2D eigenvalue weighted by molar-refractivity contribution is 0.102. The van der Waals surface area contributed by atoms with Crippen LogP contribution in [0.4, 0.5) is 11.4 Å². The number of nitrogens with one attached hydrogen (secondary N) is 1. The quantitative estimate of drug-likeness (QED) is 0.435. The summed E-state index contributed by atoms with van der Waals surface area (Å²) in [5, 5.41) is 3.27. The van der Waals surface area contributed by atoms with Crippen molar-refractivity contribution >= 4 is 29.0 Å². The van der Waals surface area contributed by atoms with Crippen LogP contribution >= 0.6 is 11.8 Å². The van der Waals surface area contributed by atoms with Gasteiger partial charge in [0.25, 0.3) is 5.91 Å². The highest BCUT2D eigenvalue weighted by Crippen LogP contribution is 2.36. The first-order chi connectivity index (χ1) is 19.1. The number of amides is 1. The molecule has 3 aromatic rings. The minimum atomic E-state index is -0.0469. The maximum Gasteiger partial charge on any atom is 0.255 e. The number of carbonyl (C=O) groups is 1. The molecule has 0 atom stereocenters. The first-order valence-corrected chi connectivity index (χ1v) is 15.2. The molecule has 2 fully saturated rings. The van der Waals surface area contributed by atoms with Crippen molar-refractivity contribution in [2.24, 2.45) is 0 Å². The second-order valence-electron chi connectivity index (χ2n) is 11.2. The number of benzene rings is 2. The first kappa shape index (κ1) is 26.3. The number of nitrogens with zero attached hydrogens (tertiary/aromatic N) is 5.